The molecular formula is C17H34N2O2. The second kappa shape index (κ2) is 9.42. The van der Waals surface area contributed by atoms with Crippen molar-refractivity contribution in [3.8, 4) is 0 Å². The number of carbonyl (C=O) groups excluding carboxylic acids is 1. The van der Waals surface area contributed by atoms with Gasteiger partial charge in [-0.2, -0.15) is 0 Å². The summed E-state index contributed by atoms with van der Waals surface area (Å²) in [6, 6.07) is -0.154. The fourth-order valence-electron chi connectivity index (χ4n) is 3.31. The number of rotatable bonds is 9. The largest absolute Gasteiger partial charge is 0.465 e. The number of likely N-dealkylation sites (N-methyl/N-ethyl adjacent to an activating group) is 1. The molecule has 0 bridgehead atoms. The number of esters is 1. The Labute approximate surface area is 130 Å². The van der Waals surface area contributed by atoms with E-state index >= 15 is 0 Å². The van der Waals surface area contributed by atoms with E-state index in [4.69, 9.17) is 4.74 Å². The highest BCUT2D eigenvalue weighted by atomic mass is 16.5. The molecule has 0 aromatic heterocycles. The number of carbonyl (C=O) groups is 1. The first-order chi connectivity index (χ1) is 10.1. The molecule has 1 rings (SSSR count). The minimum Gasteiger partial charge on any atom is -0.465 e. The number of likely N-dealkylation sites (tertiary alicyclic amines) is 1. The lowest BCUT2D eigenvalue weighted by atomic mass is 9.74. The van der Waals surface area contributed by atoms with Gasteiger partial charge in [-0.3, -0.25) is 4.79 Å². The first-order valence-electron chi connectivity index (χ1n) is 8.73. The molecule has 1 saturated heterocycles. The Morgan fingerprint density at radius 3 is 2.29 bits per heavy atom. The number of piperidine rings is 1. The van der Waals surface area contributed by atoms with Gasteiger partial charge in [-0.05, 0) is 51.2 Å². The van der Waals surface area contributed by atoms with Crippen LogP contribution in [0.1, 0.15) is 59.8 Å². The predicted octanol–water partition coefficient (Wildman–Crippen LogP) is 2.82. The van der Waals surface area contributed by atoms with Crippen LogP contribution in [0.25, 0.3) is 0 Å². The minimum atomic E-state index is -0.154. The van der Waals surface area contributed by atoms with Gasteiger partial charge in [0.25, 0.3) is 0 Å². The van der Waals surface area contributed by atoms with E-state index in [0.717, 1.165) is 19.5 Å². The summed E-state index contributed by atoms with van der Waals surface area (Å²) in [6.07, 6.45) is 6.02. The number of hydrogen-bond donors (Lipinski definition) is 1. The molecule has 4 nitrogen and oxygen atoms in total. The van der Waals surface area contributed by atoms with E-state index in [1.165, 1.54) is 38.8 Å². The van der Waals surface area contributed by atoms with Gasteiger partial charge in [0.15, 0.2) is 0 Å². The second-order valence-electron chi connectivity index (χ2n) is 6.20. The van der Waals surface area contributed by atoms with Crippen molar-refractivity contribution in [1.29, 1.82) is 0 Å². The molecule has 0 spiro atoms. The van der Waals surface area contributed by atoms with Crippen LogP contribution in [0, 0.1) is 5.41 Å². The van der Waals surface area contributed by atoms with Crippen molar-refractivity contribution < 1.29 is 9.53 Å². The maximum Gasteiger partial charge on any atom is 0.323 e. The van der Waals surface area contributed by atoms with Crippen LogP contribution < -0.4 is 5.32 Å². The van der Waals surface area contributed by atoms with Crippen molar-refractivity contribution in [3.63, 3.8) is 0 Å². The molecule has 1 unspecified atom stereocenters. The SMILES string of the molecule is CCNC(CCN1CCC(CC)(CC)CC1)C(=O)OCC. The molecule has 0 amide bonds. The molecule has 0 radical (unpaired) electrons. The second-order valence-corrected chi connectivity index (χ2v) is 6.20. The van der Waals surface area contributed by atoms with Gasteiger partial charge >= 0.3 is 5.97 Å². The molecule has 4 heteroatoms. The van der Waals surface area contributed by atoms with E-state index in [9.17, 15) is 4.79 Å². The molecule has 124 valence electrons. The zero-order valence-corrected chi connectivity index (χ0v) is 14.4. The quantitative estimate of drug-likeness (QED) is 0.665. The summed E-state index contributed by atoms with van der Waals surface area (Å²) < 4.78 is 5.14. The standard InChI is InChI=1S/C17H34N2O2/c1-5-17(6-2)10-13-19(14-11-17)12-9-15(18-7-3)16(20)21-8-4/h15,18H,5-14H2,1-4H3. The van der Waals surface area contributed by atoms with Crippen molar-refractivity contribution in [2.45, 2.75) is 65.8 Å². The molecular weight excluding hydrogens is 264 g/mol. The van der Waals surface area contributed by atoms with E-state index in [-0.39, 0.29) is 12.0 Å². The fraction of sp³-hybridized carbons (Fsp3) is 0.941. The van der Waals surface area contributed by atoms with Crippen LogP contribution >= 0.6 is 0 Å². The highest BCUT2D eigenvalue weighted by molar-refractivity contribution is 5.75. The Bertz CT molecular complexity index is 293. The topological polar surface area (TPSA) is 41.6 Å². The van der Waals surface area contributed by atoms with Crippen molar-refractivity contribution in [2.24, 2.45) is 5.41 Å². The summed E-state index contributed by atoms with van der Waals surface area (Å²) in [5, 5.41) is 3.24. The fourth-order valence-corrected chi connectivity index (χ4v) is 3.31. The summed E-state index contributed by atoms with van der Waals surface area (Å²) in [7, 11) is 0. The number of hydrogen-bond acceptors (Lipinski definition) is 4. The maximum absolute atomic E-state index is 11.9. The Balaban J connectivity index is 2.38. The van der Waals surface area contributed by atoms with Crippen molar-refractivity contribution in [1.82, 2.24) is 10.2 Å². The Morgan fingerprint density at radius 2 is 1.81 bits per heavy atom. The van der Waals surface area contributed by atoms with Crippen LogP contribution in [0.2, 0.25) is 0 Å². The summed E-state index contributed by atoms with van der Waals surface area (Å²) in [6.45, 7) is 13.1. The van der Waals surface area contributed by atoms with Crippen LogP contribution in [-0.2, 0) is 9.53 Å². The van der Waals surface area contributed by atoms with E-state index in [1.54, 1.807) is 0 Å². The summed E-state index contributed by atoms with van der Waals surface area (Å²) in [4.78, 5) is 14.4. The first-order valence-corrected chi connectivity index (χ1v) is 8.73. The smallest absolute Gasteiger partial charge is 0.323 e. The average molecular weight is 298 g/mol. The van der Waals surface area contributed by atoms with Gasteiger partial charge in [0, 0.05) is 6.54 Å². The monoisotopic (exact) mass is 298 g/mol. The lowest BCUT2D eigenvalue weighted by molar-refractivity contribution is -0.146. The molecule has 0 saturated carbocycles. The highest BCUT2D eigenvalue weighted by Gasteiger charge is 2.31. The molecule has 0 aromatic carbocycles. The molecule has 1 atom stereocenters. The molecule has 21 heavy (non-hydrogen) atoms. The Morgan fingerprint density at radius 1 is 1.19 bits per heavy atom. The molecule has 1 N–H and O–H groups in total. The molecule has 1 heterocycles. The average Bonchev–Trinajstić information content (AvgIpc) is 2.52. The molecule has 0 aromatic rings. The molecule has 1 aliphatic heterocycles. The minimum absolute atomic E-state index is 0.104. The van der Waals surface area contributed by atoms with Crippen LogP contribution in [-0.4, -0.2) is 49.7 Å². The van der Waals surface area contributed by atoms with Crippen molar-refractivity contribution >= 4 is 5.97 Å². The van der Waals surface area contributed by atoms with Crippen molar-refractivity contribution in [3.05, 3.63) is 0 Å². The van der Waals surface area contributed by atoms with E-state index in [0.29, 0.717) is 12.0 Å². The summed E-state index contributed by atoms with van der Waals surface area (Å²) >= 11 is 0. The van der Waals surface area contributed by atoms with Crippen LogP contribution in [0.5, 0.6) is 0 Å². The third-order valence-corrected chi connectivity index (χ3v) is 5.17. The summed E-state index contributed by atoms with van der Waals surface area (Å²) in [5.41, 5.74) is 0.568. The van der Waals surface area contributed by atoms with Gasteiger partial charge in [-0.15, -0.1) is 0 Å². The zero-order chi connectivity index (χ0) is 15.7. The van der Waals surface area contributed by atoms with E-state index in [2.05, 4.69) is 24.1 Å². The molecule has 1 aliphatic rings. The Kier molecular flexibility index (Phi) is 8.27. The Hall–Kier alpha value is -0.610. The third kappa shape index (κ3) is 5.59. The summed E-state index contributed by atoms with van der Waals surface area (Å²) in [5.74, 6) is -0.104. The van der Waals surface area contributed by atoms with Crippen LogP contribution in [0.4, 0.5) is 0 Å². The van der Waals surface area contributed by atoms with E-state index in [1.807, 2.05) is 13.8 Å². The van der Waals surface area contributed by atoms with Crippen LogP contribution in [0.3, 0.4) is 0 Å². The van der Waals surface area contributed by atoms with Gasteiger partial charge in [0.2, 0.25) is 0 Å². The van der Waals surface area contributed by atoms with Gasteiger partial charge < -0.3 is 15.0 Å². The predicted molar refractivity (Wildman–Crippen MR) is 87.4 cm³/mol. The molecule has 0 aliphatic carbocycles. The zero-order valence-electron chi connectivity index (χ0n) is 14.4. The third-order valence-electron chi connectivity index (χ3n) is 5.17. The highest BCUT2D eigenvalue weighted by Crippen LogP contribution is 2.37. The van der Waals surface area contributed by atoms with Gasteiger partial charge in [0.05, 0.1) is 6.61 Å². The van der Waals surface area contributed by atoms with Gasteiger partial charge in [-0.25, -0.2) is 0 Å². The number of ether oxygens (including phenoxy) is 1. The maximum atomic E-state index is 11.9. The van der Waals surface area contributed by atoms with Crippen LogP contribution in [0.15, 0.2) is 0 Å². The first kappa shape index (κ1) is 18.4. The van der Waals surface area contributed by atoms with Gasteiger partial charge in [-0.1, -0.05) is 33.6 Å². The van der Waals surface area contributed by atoms with Crippen molar-refractivity contribution in [2.75, 3.05) is 32.8 Å². The number of nitrogens with one attached hydrogen (secondary N) is 1. The lowest BCUT2D eigenvalue weighted by Gasteiger charge is -2.41. The normalized spacial score (nSPS) is 20.2. The lowest BCUT2D eigenvalue weighted by Crippen LogP contribution is -2.44. The molecule has 1 fully saturated rings. The number of nitrogens with zero attached hydrogens (tertiary/aromatic N) is 1. The van der Waals surface area contributed by atoms with E-state index < -0.39 is 0 Å². The van der Waals surface area contributed by atoms with Gasteiger partial charge in [0.1, 0.15) is 6.04 Å².